The Hall–Kier alpha value is -0.0800. The molecule has 4 atom stereocenters. The molecule has 2 heterocycles. The number of hydrogen-bond acceptors (Lipinski definition) is 0. The summed E-state index contributed by atoms with van der Waals surface area (Å²) in [6, 6.07) is 2.76. The Morgan fingerprint density at radius 2 is 1.79 bits per heavy atom. The Labute approximate surface area is 88.1 Å². The van der Waals surface area contributed by atoms with Crippen LogP contribution in [0, 0.1) is 0 Å². The van der Waals surface area contributed by atoms with Crippen molar-refractivity contribution >= 4 is 0 Å². The Morgan fingerprint density at radius 1 is 1.07 bits per heavy atom. The van der Waals surface area contributed by atoms with Crippen LogP contribution in [0.4, 0.5) is 0 Å². The van der Waals surface area contributed by atoms with E-state index in [2.05, 4.69) is 19.2 Å². The van der Waals surface area contributed by atoms with Gasteiger partial charge in [0.15, 0.2) is 0 Å². The van der Waals surface area contributed by atoms with Gasteiger partial charge < -0.3 is 10.2 Å². The summed E-state index contributed by atoms with van der Waals surface area (Å²) in [5.74, 6) is 0. The van der Waals surface area contributed by atoms with Crippen molar-refractivity contribution < 1.29 is 10.2 Å². The first-order valence-corrected chi connectivity index (χ1v) is 6.46. The molecule has 2 fully saturated rings. The van der Waals surface area contributed by atoms with Crippen LogP contribution in [0.3, 0.4) is 0 Å². The van der Waals surface area contributed by atoms with E-state index in [1.54, 1.807) is 0 Å². The summed E-state index contributed by atoms with van der Waals surface area (Å²) in [4.78, 5) is 1.89. The van der Waals surface area contributed by atoms with Crippen molar-refractivity contribution in [3.63, 3.8) is 0 Å². The van der Waals surface area contributed by atoms with Crippen molar-refractivity contribution in [2.24, 2.45) is 0 Å². The molecule has 0 aromatic rings. The highest BCUT2D eigenvalue weighted by Gasteiger charge is 2.32. The zero-order chi connectivity index (χ0) is 9.97. The van der Waals surface area contributed by atoms with Crippen molar-refractivity contribution in [2.45, 2.75) is 64.1 Å². The fourth-order valence-corrected chi connectivity index (χ4v) is 3.33. The predicted molar refractivity (Wildman–Crippen MR) is 58.4 cm³/mol. The molecule has 0 radical (unpaired) electrons. The fourth-order valence-electron chi connectivity index (χ4n) is 3.33. The SMILES string of the molecule is C[C@@H]1CCC[C@H](C)[NH+]1C[C@@H]1CCC[NH2+]1. The summed E-state index contributed by atoms with van der Waals surface area (Å²) in [5.41, 5.74) is 0. The maximum absolute atomic E-state index is 2.57. The van der Waals surface area contributed by atoms with Gasteiger partial charge in [0.1, 0.15) is 12.6 Å². The van der Waals surface area contributed by atoms with Gasteiger partial charge in [-0.2, -0.15) is 0 Å². The van der Waals surface area contributed by atoms with E-state index in [0.29, 0.717) is 0 Å². The minimum atomic E-state index is 0.910. The number of likely N-dealkylation sites (tertiary alicyclic amines) is 1. The van der Waals surface area contributed by atoms with Gasteiger partial charge in [0.2, 0.25) is 0 Å². The van der Waals surface area contributed by atoms with E-state index in [-0.39, 0.29) is 0 Å². The fraction of sp³-hybridized carbons (Fsp3) is 1.00. The van der Waals surface area contributed by atoms with Crippen LogP contribution in [0.1, 0.15) is 46.0 Å². The van der Waals surface area contributed by atoms with Crippen molar-refractivity contribution in [3.8, 4) is 0 Å². The van der Waals surface area contributed by atoms with Crippen LogP contribution in [0.5, 0.6) is 0 Å². The van der Waals surface area contributed by atoms with Gasteiger partial charge in [-0.15, -0.1) is 0 Å². The molecule has 3 N–H and O–H groups in total. The van der Waals surface area contributed by atoms with E-state index in [9.17, 15) is 0 Å². The minimum Gasteiger partial charge on any atom is -0.339 e. The van der Waals surface area contributed by atoms with Crippen LogP contribution in [0.25, 0.3) is 0 Å². The summed E-state index contributed by atoms with van der Waals surface area (Å²) in [6.07, 6.45) is 7.27. The van der Waals surface area contributed by atoms with Crippen LogP contribution in [-0.4, -0.2) is 31.2 Å². The Bertz CT molecular complexity index is 165. The molecule has 2 heteroatoms. The third-order valence-corrected chi connectivity index (χ3v) is 4.32. The van der Waals surface area contributed by atoms with E-state index in [1.165, 1.54) is 45.2 Å². The lowest BCUT2D eigenvalue weighted by molar-refractivity contribution is -0.964. The lowest BCUT2D eigenvalue weighted by Crippen LogP contribution is -3.22. The Balaban J connectivity index is 1.86. The van der Waals surface area contributed by atoms with Crippen molar-refractivity contribution in [3.05, 3.63) is 0 Å². The summed E-state index contributed by atoms with van der Waals surface area (Å²) < 4.78 is 0. The van der Waals surface area contributed by atoms with Crippen LogP contribution in [0.2, 0.25) is 0 Å². The molecule has 2 aliphatic rings. The summed E-state index contributed by atoms with van der Waals surface area (Å²) in [7, 11) is 0. The molecule has 0 bridgehead atoms. The monoisotopic (exact) mass is 198 g/mol. The van der Waals surface area contributed by atoms with E-state index in [1.807, 2.05) is 4.90 Å². The number of quaternary nitrogens is 2. The van der Waals surface area contributed by atoms with E-state index < -0.39 is 0 Å². The standard InChI is InChI=1S/C12H24N2/c1-10-5-3-6-11(2)14(10)9-12-7-4-8-13-12/h10-13H,3-9H2,1-2H3/p+2/t10-,11+,12-/m0/s1. The van der Waals surface area contributed by atoms with Gasteiger partial charge in [-0.3, -0.25) is 0 Å². The normalized spacial score (nSPS) is 44.1. The molecule has 2 saturated heterocycles. The first-order chi connectivity index (χ1) is 6.77. The van der Waals surface area contributed by atoms with Gasteiger partial charge in [0, 0.05) is 12.8 Å². The Morgan fingerprint density at radius 3 is 2.36 bits per heavy atom. The molecular weight excluding hydrogens is 172 g/mol. The molecule has 1 unspecified atom stereocenters. The number of hydrogen-bond donors (Lipinski definition) is 2. The number of nitrogens with two attached hydrogens (primary N) is 1. The molecule has 0 aromatic carbocycles. The number of nitrogens with one attached hydrogen (secondary N) is 1. The summed E-state index contributed by atoms with van der Waals surface area (Å²) in [5, 5.41) is 2.57. The lowest BCUT2D eigenvalue weighted by Gasteiger charge is -2.36. The maximum atomic E-state index is 2.57. The third-order valence-electron chi connectivity index (χ3n) is 4.32. The van der Waals surface area contributed by atoms with Gasteiger partial charge in [-0.25, -0.2) is 0 Å². The number of piperidine rings is 1. The third kappa shape index (κ3) is 2.29. The molecule has 0 saturated carbocycles. The molecule has 14 heavy (non-hydrogen) atoms. The van der Waals surface area contributed by atoms with Crippen molar-refractivity contribution in [1.82, 2.24) is 0 Å². The first-order valence-electron chi connectivity index (χ1n) is 6.46. The second kappa shape index (κ2) is 4.63. The average molecular weight is 198 g/mol. The van der Waals surface area contributed by atoms with Crippen molar-refractivity contribution in [2.75, 3.05) is 13.1 Å². The second-order valence-corrected chi connectivity index (χ2v) is 5.44. The van der Waals surface area contributed by atoms with Crippen molar-refractivity contribution in [1.29, 1.82) is 0 Å². The highest BCUT2D eigenvalue weighted by Crippen LogP contribution is 2.07. The topological polar surface area (TPSA) is 21.1 Å². The van der Waals surface area contributed by atoms with Crippen LogP contribution >= 0.6 is 0 Å². The molecule has 0 spiro atoms. The summed E-state index contributed by atoms with van der Waals surface area (Å²) >= 11 is 0. The molecule has 0 aromatic heterocycles. The van der Waals surface area contributed by atoms with Gasteiger partial charge in [0.25, 0.3) is 0 Å². The zero-order valence-corrected chi connectivity index (χ0v) is 9.76. The molecule has 2 rings (SSSR count). The largest absolute Gasteiger partial charge is 0.339 e. The molecule has 2 nitrogen and oxygen atoms in total. The molecule has 0 aliphatic carbocycles. The van der Waals surface area contributed by atoms with Gasteiger partial charge in [0.05, 0.1) is 18.6 Å². The minimum absolute atomic E-state index is 0.910. The predicted octanol–water partition coefficient (Wildman–Crippen LogP) is -0.442. The van der Waals surface area contributed by atoms with Gasteiger partial charge in [-0.05, 0) is 33.1 Å². The quantitative estimate of drug-likeness (QED) is 0.600. The molecule has 2 aliphatic heterocycles. The smallest absolute Gasteiger partial charge is 0.136 e. The number of rotatable bonds is 2. The zero-order valence-electron chi connectivity index (χ0n) is 9.76. The molecule has 82 valence electrons. The maximum Gasteiger partial charge on any atom is 0.136 e. The van der Waals surface area contributed by atoms with E-state index in [0.717, 1.165) is 18.1 Å². The highest BCUT2D eigenvalue weighted by atomic mass is 15.2. The van der Waals surface area contributed by atoms with Gasteiger partial charge in [-0.1, -0.05) is 0 Å². The second-order valence-electron chi connectivity index (χ2n) is 5.44. The van der Waals surface area contributed by atoms with Gasteiger partial charge >= 0.3 is 0 Å². The van der Waals surface area contributed by atoms with E-state index >= 15 is 0 Å². The first kappa shape index (κ1) is 10.4. The highest BCUT2D eigenvalue weighted by molar-refractivity contribution is 4.65. The molecule has 0 amide bonds. The van der Waals surface area contributed by atoms with Crippen LogP contribution < -0.4 is 10.2 Å². The summed E-state index contributed by atoms with van der Waals surface area (Å²) in [6.45, 7) is 7.68. The van der Waals surface area contributed by atoms with Crippen LogP contribution in [0.15, 0.2) is 0 Å². The van der Waals surface area contributed by atoms with Crippen LogP contribution in [-0.2, 0) is 0 Å². The molecular formula is C12H26N2+2. The average Bonchev–Trinajstić information content (AvgIpc) is 2.64. The lowest BCUT2D eigenvalue weighted by atomic mass is 9.96. The Kier molecular flexibility index (Phi) is 3.45. The van der Waals surface area contributed by atoms with E-state index in [4.69, 9.17) is 0 Å².